The number of aromatic nitrogens is 1. The Balaban J connectivity index is 1.29. The topological polar surface area (TPSA) is 167 Å². The zero-order valence-electron chi connectivity index (χ0n) is 31.7. The zero-order valence-corrected chi connectivity index (χ0v) is 31.7. The van der Waals surface area contributed by atoms with Crippen molar-refractivity contribution in [3.8, 4) is 11.1 Å². The number of hydrogen-bond acceptors (Lipinski definition) is 7. The Bertz CT molecular complexity index is 1920. The molecule has 0 radical (unpaired) electrons. The van der Waals surface area contributed by atoms with Gasteiger partial charge in [0.1, 0.15) is 18.2 Å². The summed E-state index contributed by atoms with van der Waals surface area (Å²) in [6.45, 7) is 7.52. The van der Waals surface area contributed by atoms with Crippen LogP contribution in [0.2, 0.25) is 0 Å². The third kappa shape index (κ3) is 10.1. The first-order valence-electron chi connectivity index (χ1n) is 18.5. The molecule has 12 nitrogen and oxygen atoms in total. The summed E-state index contributed by atoms with van der Waals surface area (Å²) < 4.78 is 31.3. The lowest BCUT2D eigenvalue weighted by molar-refractivity contribution is -0.140. The standard InChI is InChI=1S/C41H50F2N6O6/c1-25-5-7-26(8-6-25)22-47-23-28(31-21-29(42)10-12-32(31)43)20-34(47)38(41(2,3)4)49(37(53)24-50)17-15-33(44)40(55)46-30-11-9-27(19-30)39(54)45-16-18-48-35(51)13-14-36(48)52/h5-8,10,12-14,20-21,23,27,30,33,38,50H,9,11,15-19,22,24,44H2,1-4H3,(H,45,54)(H,46,55)/t27-,30+,33+,38+/m1/s1. The number of carbonyl (C=O) groups is 5. The van der Waals surface area contributed by atoms with Crippen molar-refractivity contribution in [3.63, 3.8) is 0 Å². The number of imide groups is 1. The molecule has 0 unspecified atom stereocenters. The van der Waals surface area contributed by atoms with Gasteiger partial charge in [-0.3, -0.25) is 28.9 Å². The zero-order chi connectivity index (χ0) is 40.0. The molecule has 55 heavy (non-hydrogen) atoms. The maximum absolute atomic E-state index is 15.1. The Morgan fingerprint density at radius 2 is 1.71 bits per heavy atom. The van der Waals surface area contributed by atoms with Crippen molar-refractivity contribution < 1.29 is 37.9 Å². The summed E-state index contributed by atoms with van der Waals surface area (Å²) in [6.07, 6.45) is 5.63. The van der Waals surface area contributed by atoms with Crippen LogP contribution in [0, 0.1) is 29.9 Å². The van der Waals surface area contributed by atoms with Crippen LogP contribution in [0.15, 0.2) is 66.9 Å². The quantitative estimate of drug-likeness (QED) is 0.171. The van der Waals surface area contributed by atoms with E-state index in [0.717, 1.165) is 34.2 Å². The van der Waals surface area contributed by atoms with Crippen molar-refractivity contribution in [2.24, 2.45) is 17.1 Å². The maximum Gasteiger partial charge on any atom is 0.253 e. The number of rotatable bonds is 15. The third-order valence-corrected chi connectivity index (χ3v) is 10.2. The monoisotopic (exact) mass is 760 g/mol. The first-order valence-corrected chi connectivity index (χ1v) is 18.5. The van der Waals surface area contributed by atoms with Gasteiger partial charge in [-0.15, -0.1) is 0 Å². The number of carbonyl (C=O) groups excluding carboxylic acids is 5. The second-order valence-corrected chi connectivity index (χ2v) is 15.5. The van der Waals surface area contributed by atoms with E-state index in [1.807, 2.05) is 56.5 Å². The van der Waals surface area contributed by atoms with E-state index in [9.17, 15) is 33.5 Å². The highest BCUT2D eigenvalue weighted by Crippen LogP contribution is 2.41. The van der Waals surface area contributed by atoms with Gasteiger partial charge < -0.3 is 30.9 Å². The largest absolute Gasteiger partial charge is 0.387 e. The Morgan fingerprint density at radius 3 is 2.36 bits per heavy atom. The van der Waals surface area contributed by atoms with E-state index < -0.39 is 59.4 Å². The van der Waals surface area contributed by atoms with E-state index in [4.69, 9.17) is 5.73 Å². The molecule has 1 aromatic heterocycles. The number of hydrogen-bond donors (Lipinski definition) is 4. The molecule has 0 spiro atoms. The molecule has 1 aliphatic carbocycles. The molecule has 5 N–H and O–H groups in total. The average molecular weight is 761 g/mol. The third-order valence-electron chi connectivity index (χ3n) is 10.2. The second-order valence-electron chi connectivity index (χ2n) is 15.5. The van der Waals surface area contributed by atoms with Gasteiger partial charge in [0, 0.05) is 73.3 Å². The van der Waals surface area contributed by atoms with Crippen LogP contribution in [0.4, 0.5) is 8.78 Å². The lowest BCUT2D eigenvalue weighted by Gasteiger charge is -2.41. The van der Waals surface area contributed by atoms with Crippen LogP contribution < -0.4 is 16.4 Å². The molecule has 0 saturated heterocycles. The molecular weight excluding hydrogens is 710 g/mol. The Hall–Kier alpha value is -5.21. The van der Waals surface area contributed by atoms with Crippen LogP contribution in [0.3, 0.4) is 0 Å². The predicted molar refractivity (Wildman–Crippen MR) is 202 cm³/mol. The van der Waals surface area contributed by atoms with Gasteiger partial charge in [-0.05, 0) is 67.9 Å². The van der Waals surface area contributed by atoms with E-state index >= 15 is 4.39 Å². The molecule has 3 aromatic rings. The molecule has 1 aliphatic heterocycles. The fourth-order valence-electron chi connectivity index (χ4n) is 7.37. The Morgan fingerprint density at radius 1 is 1.02 bits per heavy atom. The van der Waals surface area contributed by atoms with E-state index in [1.165, 1.54) is 17.1 Å². The normalized spacial score (nSPS) is 18.1. The van der Waals surface area contributed by atoms with Crippen molar-refractivity contribution in [2.75, 3.05) is 26.2 Å². The van der Waals surface area contributed by atoms with Crippen molar-refractivity contribution in [1.29, 1.82) is 0 Å². The number of nitrogens with two attached hydrogens (primary N) is 1. The Kier molecular flexibility index (Phi) is 13.0. The van der Waals surface area contributed by atoms with E-state index in [0.29, 0.717) is 37.1 Å². The van der Waals surface area contributed by atoms with Crippen LogP contribution in [-0.4, -0.2) is 87.3 Å². The summed E-state index contributed by atoms with van der Waals surface area (Å²) in [7, 11) is 0. The highest BCUT2D eigenvalue weighted by Gasteiger charge is 2.38. The lowest BCUT2D eigenvalue weighted by Crippen LogP contribution is -2.49. The van der Waals surface area contributed by atoms with Crippen LogP contribution in [0.25, 0.3) is 11.1 Å². The average Bonchev–Trinajstić information content (AvgIpc) is 3.86. The minimum absolute atomic E-state index is 0.00251. The molecule has 4 atom stereocenters. The van der Waals surface area contributed by atoms with Crippen molar-refractivity contribution in [1.82, 2.24) is 25.0 Å². The van der Waals surface area contributed by atoms with Gasteiger partial charge in [-0.25, -0.2) is 8.78 Å². The van der Waals surface area contributed by atoms with Crippen molar-refractivity contribution in [2.45, 2.75) is 78.0 Å². The predicted octanol–water partition coefficient (Wildman–Crippen LogP) is 3.74. The number of aryl methyl sites for hydroxylation is 1. The molecule has 294 valence electrons. The molecule has 0 bridgehead atoms. The highest BCUT2D eigenvalue weighted by molar-refractivity contribution is 6.12. The van der Waals surface area contributed by atoms with Crippen LogP contribution in [0.5, 0.6) is 0 Å². The van der Waals surface area contributed by atoms with Crippen LogP contribution in [0.1, 0.15) is 69.3 Å². The van der Waals surface area contributed by atoms with Gasteiger partial charge in [0.15, 0.2) is 0 Å². The molecule has 5 rings (SSSR count). The van der Waals surface area contributed by atoms with Crippen molar-refractivity contribution in [3.05, 3.63) is 95.3 Å². The van der Waals surface area contributed by atoms with E-state index in [-0.39, 0.29) is 49.5 Å². The summed E-state index contributed by atoms with van der Waals surface area (Å²) in [4.78, 5) is 65.7. The van der Waals surface area contributed by atoms with Crippen LogP contribution >= 0.6 is 0 Å². The number of aliphatic hydroxyl groups is 1. The first kappa shape index (κ1) is 41.0. The number of aliphatic hydroxyl groups excluding tert-OH is 1. The van der Waals surface area contributed by atoms with E-state index in [1.54, 1.807) is 12.3 Å². The molecule has 14 heteroatoms. The van der Waals surface area contributed by atoms with Gasteiger partial charge in [-0.1, -0.05) is 50.6 Å². The molecule has 2 aromatic carbocycles. The molecule has 5 amide bonds. The summed E-state index contributed by atoms with van der Waals surface area (Å²) in [6, 6.07) is 10.9. The molecule has 2 heterocycles. The second kappa shape index (κ2) is 17.5. The lowest BCUT2D eigenvalue weighted by atomic mass is 9.82. The molecule has 1 saturated carbocycles. The number of benzene rings is 2. The summed E-state index contributed by atoms with van der Waals surface area (Å²) >= 11 is 0. The summed E-state index contributed by atoms with van der Waals surface area (Å²) in [5.74, 6) is -3.67. The van der Waals surface area contributed by atoms with E-state index in [2.05, 4.69) is 10.6 Å². The number of halogens is 2. The van der Waals surface area contributed by atoms with Crippen LogP contribution in [-0.2, 0) is 30.5 Å². The molecule has 2 aliphatic rings. The van der Waals surface area contributed by atoms with Gasteiger partial charge in [-0.2, -0.15) is 0 Å². The number of nitrogens with one attached hydrogen (secondary N) is 2. The highest BCUT2D eigenvalue weighted by atomic mass is 19.1. The van der Waals surface area contributed by atoms with Crippen molar-refractivity contribution >= 4 is 29.5 Å². The van der Waals surface area contributed by atoms with Gasteiger partial charge in [0.2, 0.25) is 17.7 Å². The Labute approximate surface area is 319 Å². The van der Waals surface area contributed by atoms with Gasteiger partial charge >= 0.3 is 0 Å². The smallest absolute Gasteiger partial charge is 0.253 e. The summed E-state index contributed by atoms with van der Waals surface area (Å²) in [5.41, 5.74) is 8.87. The maximum atomic E-state index is 15.1. The molecule has 1 fully saturated rings. The minimum Gasteiger partial charge on any atom is -0.387 e. The van der Waals surface area contributed by atoms with Gasteiger partial charge in [0.05, 0.1) is 12.1 Å². The van der Waals surface area contributed by atoms with Gasteiger partial charge in [0.25, 0.3) is 11.8 Å². The fraction of sp³-hybridized carbons (Fsp3) is 0.439. The summed E-state index contributed by atoms with van der Waals surface area (Å²) in [5, 5.41) is 15.8. The SMILES string of the molecule is Cc1ccc(Cn2cc(-c3cc(F)ccc3F)cc2[C@H](N(CC[C@H](N)C(=O)N[C@H]2CC[C@@H](C(=O)NCCN3C(=O)C=CC3=O)C2)C(=O)CO)C(C)(C)C)cc1. The fourth-order valence-corrected chi connectivity index (χ4v) is 7.37. The number of amides is 5. The minimum atomic E-state index is -1.03. The molecular formula is C41H50F2N6O6. The number of nitrogens with zero attached hydrogens (tertiary/aromatic N) is 3. The first-order chi connectivity index (χ1) is 26.0.